The minimum Gasteiger partial charge on any atom is -0.504 e. The summed E-state index contributed by atoms with van der Waals surface area (Å²) in [5, 5.41) is 28.7. The van der Waals surface area contributed by atoms with Crippen LogP contribution in [-0.2, 0) is 6.42 Å². The molecule has 1 aliphatic rings. The fraction of sp³-hybridized carbons (Fsp3) is 0.600. The van der Waals surface area contributed by atoms with Gasteiger partial charge in [0.15, 0.2) is 11.5 Å². The molecule has 4 heteroatoms. The smallest absolute Gasteiger partial charge is 0.160 e. The van der Waals surface area contributed by atoms with Crippen molar-refractivity contribution in [3.8, 4) is 11.5 Å². The average molecular weight is 336 g/mol. The molecule has 0 aliphatic heterocycles. The van der Waals surface area contributed by atoms with Gasteiger partial charge in [0, 0.05) is 5.92 Å². The van der Waals surface area contributed by atoms with Crippen LogP contribution in [0.3, 0.4) is 0 Å². The van der Waals surface area contributed by atoms with Crippen LogP contribution in [0.5, 0.6) is 11.5 Å². The molecular formula is C20H32O4. The molecule has 0 saturated heterocycles. The Morgan fingerprint density at radius 1 is 1.33 bits per heavy atom. The molecule has 4 nitrogen and oxygen atoms in total. The number of benzene rings is 1. The van der Waals surface area contributed by atoms with Gasteiger partial charge in [-0.15, -0.1) is 6.58 Å². The van der Waals surface area contributed by atoms with Crippen LogP contribution in [0.15, 0.2) is 30.9 Å². The van der Waals surface area contributed by atoms with E-state index in [0.29, 0.717) is 11.7 Å². The minimum absolute atomic E-state index is 0.0636. The summed E-state index contributed by atoms with van der Waals surface area (Å²) in [5.74, 6) is 1.35. The molecular weight excluding hydrogens is 304 g/mol. The van der Waals surface area contributed by atoms with Gasteiger partial charge < -0.3 is 20.1 Å². The second-order valence-corrected chi connectivity index (χ2v) is 7.24. The van der Waals surface area contributed by atoms with Crippen molar-refractivity contribution < 1.29 is 20.1 Å². The van der Waals surface area contributed by atoms with E-state index >= 15 is 0 Å². The zero-order chi connectivity index (χ0) is 18.3. The Labute approximate surface area is 145 Å². The summed E-state index contributed by atoms with van der Waals surface area (Å²) in [7, 11) is 1.53. The number of ether oxygens (including phenoxy) is 1. The standard InChI is InChI=1S/C10H20O2.C10H12O2/c1-7-4-5-8(9(11)6-7)10(2,3)12;1-3-4-8-5-6-9(11)10(7-8)12-2/h7-9,11-12H,4-6H2,1-3H3;3,5-7,11H,1,4H2,2H3. The number of allylic oxidation sites excluding steroid dienone is 1. The summed E-state index contributed by atoms with van der Waals surface area (Å²) in [5.41, 5.74) is 0.360. The number of methoxy groups -OCH3 is 1. The van der Waals surface area contributed by atoms with Crippen molar-refractivity contribution in [2.24, 2.45) is 11.8 Å². The monoisotopic (exact) mass is 336 g/mol. The van der Waals surface area contributed by atoms with Gasteiger partial charge in [0.25, 0.3) is 0 Å². The molecule has 3 atom stereocenters. The number of phenols is 1. The summed E-state index contributed by atoms with van der Waals surface area (Å²) >= 11 is 0. The second kappa shape index (κ2) is 9.09. The first-order valence-corrected chi connectivity index (χ1v) is 8.56. The molecule has 0 bridgehead atoms. The average Bonchev–Trinajstić information content (AvgIpc) is 2.48. The zero-order valence-corrected chi connectivity index (χ0v) is 15.3. The van der Waals surface area contributed by atoms with Gasteiger partial charge in [0.05, 0.1) is 18.8 Å². The third-order valence-electron chi connectivity index (χ3n) is 4.61. The number of aromatic hydroxyl groups is 1. The number of rotatable bonds is 4. The topological polar surface area (TPSA) is 69.9 Å². The van der Waals surface area contributed by atoms with Gasteiger partial charge in [-0.25, -0.2) is 0 Å². The number of hydrogen-bond acceptors (Lipinski definition) is 4. The number of aliphatic hydroxyl groups excluding tert-OH is 1. The molecule has 0 radical (unpaired) electrons. The first-order valence-electron chi connectivity index (χ1n) is 8.56. The molecule has 136 valence electrons. The molecule has 0 heterocycles. The van der Waals surface area contributed by atoms with Crippen molar-refractivity contribution in [1.82, 2.24) is 0 Å². The zero-order valence-electron chi connectivity index (χ0n) is 15.3. The Bertz CT molecular complexity index is 519. The van der Waals surface area contributed by atoms with Crippen LogP contribution < -0.4 is 4.74 Å². The molecule has 1 aromatic rings. The molecule has 0 amide bonds. The summed E-state index contributed by atoms with van der Waals surface area (Å²) in [6.45, 7) is 9.36. The van der Waals surface area contributed by atoms with E-state index in [1.165, 1.54) is 7.11 Å². The predicted molar refractivity (Wildman–Crippen MR) is 97.4 cm³/mol. The maximum Gasteiger partial charge on any atom is 0.160 e. The van der Waals surface area contributed by atoms with Crippen LogP contribution in [0.4, 0.5) is 0 Å². The second-order valence-electron chi connectivity index (χ2n) is 7.24. The maximum atomic E-state index is 9.74. The summed E-state index contributed by atoms with van der Waals surface area (Å²) in [6, 6.07) is 5.27. The van der Waals surface area contributed by atoms with Crippen molar-refractivity contribution in [2.45, 2.75) is 58.2 Å². The Hall–Kier alpha value is -1.52. The largest absolute Gasteiger partial charge is 0.504 e. The van der Waals surface area contributed by atoms with Crippen LogP contribution in [0.1, 0.15) is 45.6 Å². The maximum absolute atomic E-state index is 9.74. The van der Waals surface area contributed by atoms with Crippen LogP contribution in [0, 0.1) is 11.8 Å². The van der Waals surface area contributed by atoms with Crippen molar-refractivity contribution in [1.29, 1.82) is 0 Å². The van der Waals surface area contributed by atoms with Crippen molar-refractivity contribution >= 4 is 0 Å². The van der Waals surface area contributed by atoms with Gasteiger partial charge in [-0.2, -0.15) is 0 Å². The minimum atomic E-state index is -0.723. The van der Waals surface area contributed by atoms with E-state index in [2.05, 4.69) is 13.5 Å². The summed E-state index contributed by atoms with van der Waals surface area (Å²) in [6.07, 6.45) is 5.21. The fourth-order valence-corrected chi connectivity index (χ4v) is 3.19. The Morgan fingerprint density at radius 3 is 2.50 bits per heavy atom. The van der Waals surface area contributed by atoms with Crippen LogP contribution in [-0.4, -0.2) is 34.1 Å². The van der Waals surface area contributed by atoms with E-state index in [4.69, 9.17) is 4.74 Å². The van der Waals surface area contributed by atoms with Gasteiger partial charge >= 0.3 is 0 Å². The molecule has 2 rings (SSSR count). The fourth-order valence-electron chi connectivity index (χ4n) is 3.19. The Morgan fingerprint density at radius 2 is 2.00 bits per heavy atom. The SMILES string of the molecule is C=CCc1ccc(O)c(OC)c1.CC1CCC(C(C)(C)O)C(O)C1. The molecule has 24 heavy (non-hydrogen) atoms. The van der Waals surface area contributed by atoms with Crippen molar-refractivity contribution in [3.05, 3.63) is 36.4 Å². The quantitative estimate of drug-likeness (QED) is 0.734. The third kappa shape index (κ3) is 6.17. The normalized spacial score (nSPS) is 23.8. The van der Waals surface area contributed by atoms with E-state index < -0.39 is 5.60 Å². The molecule has 3 N–H and O–H groups in total. The first kappa shape index (κ1) is 20.5. The number of aliphatic hydroxyl groups is 2. The van der Waals surface area contributed by atoms with E-state index in [0.717, 1.165) is 31.2 Å². The molecule has 1 saturated carbocycles. The lowest BCUT2D eigenvalue weighted by atomic mass is 9.73. The predicted octanol–water partition coefficient (Wildman–Crippen LogP) is 3.68. The first-order chi connectivity index (χ1) is 11.2. The van der Waals surface area contributed by atoms with Gasteiger partial charge in [0.2, 0.25) is 0 Å². The molecule has 0 aromatic heterocycles. The number of hydrogen-bond donors (Lipinski definition) is 3. The summed E-state index contributed by atoms with van der Waals surface area (Å²) < 4.78 is 4.95. The molecule has 3 unspecified atom stereocenters. The highest BCUT2D eigenvalue weighted by Crippen LogP contribution is 2.35. The van der Waals surface area contributed by atoms with Crippen LogP contribution in [0.25, 0.3) is 0 Å². The highest BCUT2D eigenvalue weighted by atomic mass is 16.5. The Balaban J connectivity index is 0.000000240. The van der Waals surface area contributed by atoms with Crippen LogP contribution in [0.2, 0.25) is 0 Å². The lowest BCUT2D eigenvalue weighted by Crippen LogP contribution is -2.42. The molecule has 1 aliphatic carbocycles. The van der Waals surface area contributed by atoms with Gasteiger partial charge in [0.1, 0.15) is 0 Å². The third-order valence-corrected chi connectivity index (χ3v) is 4.61. The van der Waals surface area contributed by atoms with Crippen LogP contribution >= 0.6 is 0 Å². The lowest BCUT2D eigenvalue weighted by Gasteiger charge is -2.38. The van der Waals surface area contributed by atoms with E-state index in [1.807, 2.05) is 12.1 Å². The van der Waals surface area contributed by atoms with E-state index in [1.54, 1.807) is 26.0 Å². The molecule has 1 fully saturated rings. The van der Waals surface area contributed by atoms with Gasteiger partial charge in [-0.1, -0.05) is 25.5 Å². The lowest BCUT2D eigenvalue weighted by molar-refractivity contribution is -0.0730. The van der Waals surface area contributed by atoms with Crippen molar-refractivity contribution in [3.63, 3.8) is 0 Å². The number of phenolic OH excluding ortho intramolecular Hbond substituents is 1. The van der Waals surface area contributed by atoms with E-state index in [-0.39, 0.29) is 17.8 Å². The Kier molecular flexibility index (Phi) is 7.77. The van der Waals surface area contributed by atoms with Gasteiger partial charge in [-0.3, -0.25) is 0 Å². The van der Waals surface area contributed by atoms with Gasteiger partial charge in [-0.05, 0) is 56.7 Å². The highest BCUT2D eigenvalue weighted by Gasteiger charge is 2.36. The summed E-state index contributed by atoms with van der Waals surface area (Å²) in [4.78, 5) is 0. The molecule has 1 aromatic carbocycles. The highest BCUT2D eigenvalue weighted by molar-refractivity contribution is 5.42. The molecule has 0 spiro atoms. The van der Waals surface area contributed by atoms with Crippen molar-refractivity contribution in [2.75, 3.05) is 7.11 Å². The van der Waals surface area contributed by atoms with E-state index in [9.17, 15) is 15.3 Å².